The van der Waals surface area contributed by atoms with Crippen molar-refractivity contribution in [3.8, 4) is 0 Å². The van der Waals surface area contributed by atoms with Crippen molar-refractivity contribution in [3.63, 3.8) is 0 Å². The van der Waals surface area contributed by atoms with Gasteiger partial charge < -0.3 is 10.3 Å². The first kappa shape index (κ1) is 13.1. The number of carbonyl (C=O) groups is 1. The summed E-state index contributed by atoms with van der Waals surface area (Å²) in [6, 6.07) is 3.21. The Balaban J connectivity index is 1.55. The van der Waals surface area contributed by atoms with E-state index in [1.54, 1.807) is 12.3 Å². The molecule has 3 aliphatic rings. The Kier molecular flexibility index (Phi) is 2.49. The molecule has 1 unspecified atom stereocenters. The molecule has 4 nitrogen and oxygen atoms in total. The highest BCUT2D eigenvalue weighted by Gasteiger charge is 2.40. The molecule has 22 heavy (non-hydrogen) atoms. The van der Waals surface area contributed by atoms with Gasteiger partial charge in [0.05, 0.1) is 5.54 Å². The zero-order valence-electron chi connectivity index (χ0n) is 12.4. The third-order valence-electron chi connectivity index (χ3n) is 4.46. The first-order chi connectivity index (χ1) is 10.5. The van der Waals surface area contributed by atoms with Crippen LogP contribution < -0.4 is 10.9 Å². The lowest BCUT2D eigenvalue weighted by Crippen LogP contribution is -2.42. The highest BCUT2D eigenvalue weighted by Crippen LogP contribution is 2.51. The van der Waals surface area contributed by atoms with Gasteiger partial charge in [0.15, 0.2) is 0 Å². The molecular formula is C18H16N2O2. The standard InChI is InChI=1S/C18H16N2O2/c1-18(2,11-3-6-16(21)19-9-11)20-17(22)13-5-4-12-14-7-10(14)8-15(12)13/h3-9,14H,1-2H3,(H,19,21)(H,20,22). The molecule has 0 radical (unpaired) electrons. The lowest BCUT2D eigenvalue weighted by Gasteiger charge is -2.27. The van der Waals surface area contributed by atoms with E-state index in [9.17, 15) is 9.59 Å². The van der Waals surface area contributed by atoms with E-state index in [-0.39, 0.29) is 11.5 Å². The third-order valence-corrected chi connectivity index (χ3v) is 4.46. The Morgan fingerprint density at radius 3 is 2.82 bits per heavy atom. The summed E-state index contributed by atoms with van der Waals surface area (Å²) in [5.41, 5.74) is 4.48. The van der Waals surface area contributed by atoms with Crippen LogP contribution in [0.1, 0.15) is 19.4 Å². The maximum Gasteiger partial charge on any atom is 0.252 e. The van der Waals surface area contributed by atoms with Gasteiger partial charge in [-0.05, 0) is 54.3 Å². The second-order valence-electron chi connectivity index (χ2n) is 6.43. The average molecular weight is 292 g/mol. The topological polar surface area (TPSA) is 62.0 Å². The molecule has 1 aromatic heterocycles. The minimum atomic E-state index is -0.563. The van der Waals surface area contributed by atoms with Gasteiger partial charge in [-0.3, -0.25) is 9.59 Å². The molecule has 1 amide bonds. The van der Waals surface area contributed by atoms with Gasteiger partial charge in [-0.25, -0.2) is 0 Å². The molecule has 0 saturated heterocycles. The monoisotopic (exact) mass is 292 g/mol. The van der Waals surface area contributed by atoms with Crippen LogP contribution in [0.25, 0.3) is 0 Å². The van der Waals surface area contributed by atoms with Gasteiger partial charge in [0.25, 0.3) is 5.91 Å². The molecule has 1 heterocycles. The van der Waals surface area contributed by atoms with Crippen LogP contribution >= 0.6 is 0 Å². The molecule has 1 aromatic rings. The van der Waals surface area contributed by atoms with Crippen molar-refractivity contribution < 1.29 is 4.79 Å². The number of allylic oxidation sites excluding steroid dienone is 6. The van der Waals surface area contributed by atoms with E-state index in [1.165, 1.54) is 17.2 Å². The molecule has 4 rings (SSSR count). The zero-order valence-corrected chi connectivity index (χ0v) is 12.4. The Hall–Kier alpha value is -2.62. The van der Waals surface area contributed by atoms with Crippen LogP contribution in [-0.4, -0.2) is 10.9 Å². The number of rotatable bonds is 3. The molecule has 0 fully saturated rings. The van der Waals surface area contributed by atoms with Crippen LogP contribution in [0.5, 0.6) is 0 Å². The van der Waals surface area contributed by atoms with Crippen LogP contribution in [0.2, 0.25) is 0 Å². The second-order valence-corrected chi connectivity index (χ2v) is 6.43. The van der Waals surface area contributed by atoms with E-state index in [2.05, 4.69) is 22.5 Å². The summed E-state index contributed by atoms with van der Waals surface area (Å²) in [7, 11) is 0. The van der Waals surface area contributed by atoms with Gasteiger partial charge in [-0.2, -0.15) is 0 Å². The number of pyridine rings is 1. The van der Waals surface area contributed by atoms with Gasteiger partial charge in [0, 0.05) is 23.8 Å². The quantitative estimate of drug-likeness (QED) is 0.896. The van der Waals surface area contributed by atoms with Crippen molar-refractivity contribution in [2.24, 2.45) is 5.92 Å². The summed E-state index contributed by atoms with van der Waals surface area (Å²) in [6.45, 7) is 3.84. The number of carbonyl (C=O) groups excluding carboxylic acids is 1. The van der Waals surface area contributed by atoms with Crippen LogP contribution in [0, 0.1) is 5.92 Å². The van der Waals surface area contributed by atoms with E-state index < -0.39 is 5.54 Å². The van der Waals surface area contributed by atoms with Gasteiger partial charge in [0.2, 0.25) is 5.56 Å². The first-order valence-corrected chi connectivity index (χ1v) is 7.33. The van der Waals surface area contributed by atoms with Crippen LogP contribution in [-0.2, 0) is 10.3 Å². The van der Waals surface area contributed by atoms with Gasteiger partial charge >= 0.3 is 0 Å². The Bertz CT molecular complexity index is 858. The van der Waals surface area contributed by atoms with Crippen LogP contribution in [0.4, 0.5) is 0 Å². The van der Waals surface area contributed by atoms with E-state index in [0.717, 1.165) is 16.7 Å². The molecule has 0 saturated carbocycles. The molecule has 110 valence electrons. The van der Waals surface area contributed by atoms with Crippen molar-refractivity contribution in [2.75, 3.05) is 0 Å². The Morgan fingerprint density at radius 1 is 1.27 bits per heavy atom. The first-order valence-electron chi connectivity index (χ1n) is 7.33. The fourth-order valence-corrected chi connectivity index (χ4v) is 3.08. The minimum Gasteiger partial charge on any atom is -0.343 e. The predicted octanol–water partition coefficient (Wildman–Crippen LogP) is 2.09. The summed E-state index contributed by atoms with van der Waals surface area (Å²) in [6.07, 6.45) is 9.87. The summed E-state index contributed by atoms with van der Waals surface area (Å²) in [5, 5.41) is 3.05. The summed E-state index contributed by atoms with van der Waals surface area (Å²) in [5.74, 6) is 0.361. The van der Waals surface area contributed by atoms with E-state index in [0.29, 0.717) is 5.92 Å². The maximum atomic E-state index is 12.6. The molecule has 0 aromatic carbocycles. The van der Waals surface area contributed by atoms with Crippen molar-refractivity contribution in [3.05, 3.63) is 80.8 Å². The predicted molar refractivity (Wildman–Crippen MR) is 84.1 cm³/mol. The fraction of sp³-hybridized carbons (Fsp3) is 0.222. The molecular weight excluding hydrogens is 276 g/mol. The molecule has 0 aliphatic heterocycles. The molecule has 0 spiro atoms. The van der Waals surface area contributed by atoms with E-state index >= 15 is 0 Å². The smallest absolute Gasteiger partial charge is 0.252 e. The fourth-order valence-electron chi connectivity index (χ4n) is 3.08. The molecule has 3 aliphatic carbocycles. The number of hydrogen-bond acceptors (Lipinski definition) is 2. The lowest BCUT2D eigenvalue weighted by atomic mass is 9.94. The highest BCUT2D eigenvalue weighted by atomic mass is 16.2. The average Bonchev–Trinajstić information content (AvgIpc) is 2.93. The number of aromatic amines is 1. The Labute approximate surface area is 127 Å². The number of fused-ring (bicyclic) bond motifs is 3. The van der Waals surface area contributed by atoms with Crippen molar-refractivity contribution >= 4 is 5.91 Å². The van der Waals surface area contributed by atoms with E-state index in [4.69, 9.17) is 0 Å². The number of amides is 1. The number of H-pyrrole nitrogens is 1. The normalized spacial score (nSPS) is 21.3. The van der Waals surface area contributed by atoms with Crippen molar-refractivity contribution in [2.45, 2.75) is 19.4 Å². The summed E-state index contributed by atoms with van der Waals surface area (Å²) in [4.78, 5) is 26.4. The highest BCUT2D eigenvalue weighted by molar-refractivity contribution is 6.02. The summed E-state index contributed by atoms with van der Waals surface area (Å²) >= 11 is 0. The maximum absolute atomic E-state index is 12.6. The van der Waals surface area contributed by atoms with Crippen molar-refractivity contribution in [1.82, 2.24) is 10.3 Å². The lowest BCUT2D eigenvalue weighted by molar-refractivity contribution is -0.118. The number of nitrogens with one attached hydrogen (secondary N) is 2. The van der Waals surface area contributed by atoms with Gasteiger partial charge in [-0.1, -0.05) is 12.2 Å². The van der Waals surface area contributed by atoms with Crippen LogP contribution in [0.3, 0.4) is 0 Å². The second kappa shape index (κ2) is 4.19. The van der Waals surface area contributed by atoms with Crippen LogP contribution in [0.15, 0.2) is 69.7 Å². The molecule has 2 N–H and O–H groups in total. The number of aromatic nitrogens is 1. The van der Waals surface area contributed by atoms with Gasteiger partial charge in [0.1, 0.15) is 0 Å². The minimum absolute atomic E-state index is 0.0874. The SMILES string of the molecule is CC(C)(NC(=O)C1=CC=C2C1=CC1=CC12)c1ccc(=O)[nH]c1. The van der Waals surface area contributed by atoms with Gasteiger partial charge in [-0.15, -0.1) is 0 Å². The largest absolute Gasteiger partial charge is 0.343 e. The zero-order chi connectivity index (χ0) is 15.5. The third kappa shape index (κ3) is 1.91. The molecule has 1 atom stereocenters. The number of hydrogen-bond donors (Lipinski definition) is 2. The molecule has 4 heteroatoms. The summed E-state index contributed by atoms with van der Waals surface area (Å²) < 4.78 is 0. The van der Waals surface area contributed by atoms with Crippen molar-refractivity contribution in [1.29, 1.82) is 0 Å². The Morgan fingerprint density at radius 2 is 2.09 bits per heavy atom. The van der Waals surface area contributed by atoms with E-state index in [1.807, 2.05) is 26.0 Å². The molecule has 0 bridgehead atoms.